The lowest BCUT2D eigenvalue weighted by Gasteiger charge is -2.35. The number of aromatic nitrogens is 1. The van der Waals surface area contributed by atoms with Crippen LogP contribution < -0.4 is 0 Å². The average molecular weight is 352 g/mol. The molecule has 0 bridgehead atoms. The van der Waals surface area contributed by atoms with Crippen molar-refractivity contribution in [3.63, 3.8) is 0 Å². The van der Waals surface area contributed by atoms with Gasteiger partial charge in [-0.1, -0.05) is 6.07 Å². The first-order chi connectivity index (χ1) is 11.0. The van der Waals surface area contributed by atoms with Gasteiger partial charge in [-0.15, -0.1) is 22.7 Å². The summed E-state index contributed by atoms with van der Waals surface area (Å²) in [5.41, 5.74) is -0.980. The van der Waals surface area contributed by atoms with E-state index in [9.17, 15) is 14.7 Å². The third kappa shape index (κ3) is 3.44. The molecule has 23 heavy (non-hydrogen) atoms. The summed E-state index contributed by atoms with van der Waals surface area (Å²) in [5.74, 6) is -1.30. The van der Waals surface area contributed by atoms with Gasteiger partial charge in [-0.05, 0) is 11.4 Å². The molecule has 0 unspecified atom stereocenters. The van der Waals surface area contributed by atoms with Crippen LogP contribution in [0.5, 0.6) is 0 Å². The van der Waals surface area contributed by atoms with Crippen molar-refractivity contribution in [1.82, 2.24) is 9.88 Å². The molecule has 1 saturated heterocycles. The number of rotatable bonds is 4. The van der Waals surface area contributed by atoms with Crippen LogP contribution >= 0.6 is 22.7 Å². The number of likely N-dealkylation sites (tertiary alicyclic amines) is 1. The summed E-state index contributed by atoms with van der Waals surface area (Å²) in [6, 6.07) is 3.95. The Hall–Kier alpha value is -1.77. The highest BCUT2D eigenvalue weighted by molar-refractivity contribution is 7.20. The first-order valence-electron chi connectivity index (χ1n) is 7.20. The van der Waals surface area contributed by atoms with Crippen LogP contribution in [0.4, 0.5) is 0 Å². The summed E-state index contributed by atoms with van der Waals surface area (Å²) in [6.45, 7) is 0.507. The SMILES string of the molecule is O=C(Cc1csc(-c2cccs2)n1)N1CCC(O)(C(=O)O)CC1. The van der Waals surface area contributed by atoms with Gasteiger partial charge < -0.3 is 15.1 Å². The molecule has 122 valence electrons. The Morgan fingerprint density at radius 1 is 1.30 bits per heavy atom. The van der Waals surface area contributed by atoms with Gasteiger partial charge in [0.2, 0.25) is 5.91 Å². The monoisotopic (exact) mass is 352 g/mol. The van der Waals surface area contributed by atoms with Crippen molar-refractivity contribution in [3.8, 4) is 9.88 Å². The lowest BCUT2D eigenvalue weighted by atomic mass is 9.91. The highest BCUT2D eigenvalue weighted by atomic mass is 32.1. The molecule has 1 aliphatic rings. The molecule has 2 N–H and O–H groups in total. The number of thiazole rings is 1. The summed E-state index contributed by atoms with van der Waals surface area (Å²) in [4.78, 5) is 30.5. The second-order valence-corrected chi connectivity index (χ2v) is 7.32. The lowest BCUT2D eigenvalue weighted by Crippen LogP contribution is -2.51. The predicted molar refractivity (Wildman–Crippen MR) is 87.5 cm³/mol. The maximum Gasteiger partial charge on any atom is 0.335 e. The Labute approximate surface area is 141 Å². The first-order valence-corrected chi connectivity index (χ1v) is 8.96. The minimum Gasteiger partial charge on any atom is -0.479 e. The van der Waals surface area contributed by atoms with Crippen LogP contribution in [-0.4, -0.2) is 50.7 Å². The minimum atomic E-state index is -1.70. The smallest absolute Gasteiger partial charge is 0.335 e. The summed E-state index contributed by atoms with van der Waals surface area (Å²) >= 11 is 3.12. The van der Waals surface area contributed by atoms with Crippen molar-refractivity contribution in [2.45, 2.75) is 24.9 Å². The van der Waals surface area contributed by atoms with Gasteiger partial charge in [0.1, 0.15) is 5.01 Å². The largest absolute Gasteiger partial charge is 0.479 e. The van der Waals surface area contributed by atoms with Crippen LogP contribution in [-0.2, 0) is 16.0 Å². The van der Waals surface area contributed by atoms with Gasteiger partial charge in [-0.25, -0.2) is 9.78 Å². The van der Waals surface area contributed by atoms with Crippen LogP contribution in [0.15, 0.2) is 22.9 Å². The molecule has 0 atom stereocenters. The Morgan fingerprint density at radius 3 is 2.65 bits per heavy atom. The number of piperidine rings is 1. The zero-order valence-electron chi connectivity index (χ0n) is 12.3. The quantitative estimate of drug-likeness (QED) is 0.876. The number of thiophene rings is 1. The first kappa shape index (κ1) is 16.1. The predicted octanol–water partition coefficient (Wildman–Crippen LogP) is 1.85. The van der Waals surface area contributed by atoms with Crippen molar-refractivity contribution in [2.75, 3.05) is 13.1 Å². The average Bonchev–Trinajstić information content (AvgIpc) is 3.18. The summed E-state index contributed by atoms with van der Waals surface area (Å²) < 4.78 is 0. The van der Waals surface area contributed by atoms with Crippen LogP contribution in [0.3, 0.4) is 0 Å². The van der Waals surface area contributed by atoms with E-state index >= 15 is 0 Å². The molecule has 1 aliphatic heterocycles. The molecule has 0 aromatic carbocycles. The third-order valence-electron chi connectivity index (χ3n) is 3.96. The topological polar surface area (TPSA) is 90.7 Å². The van der Waals surface area contributed by atoms with Crippen molar-refractivity contribution in [1.29, 1.82) is 0 Å². The number of aliphatic carboxylic acids is 1. The normalized spacial score (nSPS) is 17.2. The van der Waals surface area contributed by atoms with Gasteiger partial charge in [-0.3, -0.25) is 4.79 Å². The number of carboxylic acid groups (broad SMARTS) is 1. The molecular weight excluding hydrogens is 336 g/mol. The summed E-state index contributed by atoms with van der Waals surface area (Å²) in [6.07, 6.45) is 0.324. The Morgan fingerprint density at radius 2 is 2.04 bits per heavy atom. The van der Waals surface area contributed by atoms with E-state index in [0.29, 0.717) is 0 Å². The van der Waals surface area contributed by atoms with Crippen molar-refractivity contribution in [2.24, 2.45) is 0 Å². The van der Waals surface area contributed by atoms with Crippen molar-refractivity contribution in [3.05, 3.63) is 28.6 Å². The standard InChI is InChI=1S/C15H16N2O4S2/c18-12(17-5-3-15(21,4-6-17)14(19)20)8-10-9-23-13(16-10)11-2-1-7-22-11/h1-2,7,9,21H,3-6,8H2,(H,19,20). The van der Waals surface area contributed by atoms with E-state index in [1.165, 1.54) is 11.3 Å². The van der Waals surface area contributed by atoms with Crippen molar-refractivity contribution < 1.29 is 19.8 Å². The van der Waals surface area contributed by atoms with E-state index in [-0.39, 0.29) is 38.3 Å². The number of hydrogen-bond acceptors (Lipinski definition) is 6. The minimum absolute atomic E-state index is 0.0611. The highest BCUT2D eigenvalue weighted by Gasteiger charge is 2.40. The number of carboxylic acids is 1. The zero-order chi connectivity index (χ0) is 16.4. The maximum atomic E-state index is 12.3. The molecule has 3 heterocycles. The third-order valence-corrected chi connectivity index (χ3v) is 5.89. The van der Waals surface area contributed by atoms with E-state index in [0.717, 1.165) is 15.6 Å². The molecule has 3 rings (SSSR count). The van der Waals surface area contributed by atoms with Crippen LogP contribution in [0.25, 0.3) is 9.88 Å². The molecule has 1 fully saturated rings. The molecule has 0 saturated carbocycles. The maximum absolute atomic E-state index is 12.3. The fourth-order valence-electron chi connectivity index (χ4n) is 2.51. The molecule has 1 amide bonds. The fraction of sp³-hybridized carbons (Fsp3) is 0.400. The number of aliphatic hydroxyl groups is 1. The van der Waals surface area contributed by atoms with E-state index in [1.54, 1.807) is 16.2 Å². The van der Waals surface area contributed by atoms with Crippen LogP contribution in [0, 0.1) is 0 Å². The number of carbonyl (C=O) groups excluding carboxylic acids is 1. The van der Waals surface area contributed by atoms with Crippen LogP contribution in [0.1, 0.15) is 18.5 Å². The highest BCUT2D eigenvalue weighted by Crippen LogP contribution is 2.28. The number of amides is 1. The molecule has 8 heteroatoms. The Bertz CT molecular complexity index is 703. The Balaban J connectivity index is 1.59. The Kier molecular flexibility index (Phi) is 4.47. The molecule has 6 nitrogen and oxygen atoms in total. The number of carbonyl (C=O) groups is 2. The molecule has 2 aromatic heterocycles. The van der Waals surface area contributed by atoms with E-state index < -0.39 is 11.6 Å². The van der Waals surface area contributed by atoms with Gasteiger partial charge in [0.15, 0.2) is 5.60 Å². The number of nitrogens with zero attached hydrogens (tertiary/aromatic N) is 2. The van der Waals surface area contributed by atoms with Gasteiger partial charge in [-0.2, -0.15) is 0 Å². The second-order valence-electron chi connectivity index (χ2n) is 5.52. The summed E-state index contributed by atoms with van der Waals surface area (Å²) in [5, 5.41) is 23.7. The number of hydrogen-bond donors (Lipinski definition) is 2. The molecule has 0 aliphatic carbocycles. The zero-order valence-corrected chi connectivity index (χ0v) is 13.9. The van der Waals surface area contributed by atoms with Crippen LogP contribution in [0.2, 0.25) is 0 Å². The second kappa shape index (κ2) is 6.38. The van der Waals surface area contributed by atoms with Gasteiger partial charge in [0.25, 0.3) is 0 Å². The van der Waals surface area contributed by atoms with E-state index in [2.05, 4.69) is 4.98 Å². The van der Waals surface area contributed by atoms with Gasteiger partial charge in [0, 0.05) is 31.3 Å². The van der Waals surface area contributed by atoms with E-state index in [4.69, 9.17) is 5.11 Å². The molecular formula is C15H16N2O4S2. The lowest BCUT2D eigenvalue weighted by molar-refractivity contribution is -0.165. The molecule has 2 aromatic rings. The molecule has 0 spiro atoms. The molecule has 0 radical (unpaired) electrons. The summed E-state index contributed by atoms with van der Waals surface area (Å²) in [7, 11) is 0. The van der Waals surface area contributed by atoms with Gasteiger partial charge in [0.05, 0.1) is 17.0 Å². The van der Waals surface area contributed by atoms with Gasteiger partial charge >= 0.3 is 5.97 Å². The fourth-order valence-corrected chi connectivity index (χ4v) is 4.14. The van der Waals surface area contributed by atoms with Crippen molar-refractivity contribution >= 4 is 34.6 Å². The van der Waals surface area contributed by atoms with E-state index in [1.807, 2.05) is 22.9 Å².